The number of hydrogen-bond acceptors (Lipinski definition) is 19. The van der Waals surface area contributed by atoms with E-state index < -0.39 is 87.4 Å². The molecule has 0 heterocycles. The third-order valence-corrected chi connectivity index (χ3v) is 12.2. The number of ketones is 1. The molecule has 0 aromatic rings. The zero-order valence-corrected chi connectivity index (χ0v) is 48.7. The van der Waals surface area contributed by atoms with Gasteiger partial charge in [-0.1, -0.05) is 65.2 Å². The van der Waals surface area contributed by atoms with E-state index in [-0.39, 0.29) is 11.8 Å². The maximum absolute atomic E-state index is 13.9. The van der Waals surface area contributed by atoms with Gasteiger partial charge in [0.25, 0.3) is 11.9 Å². The van der Waals surface area contributed by atoms with Crippen LogP contribution in [0, 0.1) is 11.8 Å². The number of hydrogen-bond donors (Lipinski definition) is 0. The van der Waals surface area contributed by atoms with Crippen LogP contribution in [0.3, 0.4) is 0 Å². The smallest absolute Gasteiger partial charge is 0.289 e. The van der Waals surface area contributed by atoms with Crippen molar-refractivity contribution in [1.82, 2.24) is 0 Å². The molecule has 0 fully saturated rings. The number of rotatable bonds is 50. The predicted octanol–water partition coefficient (Wildman–Crippen LogP) is 11.6. The monoisotopic (exact) mass is 1050 g/mol. The first-order chi connectivity index (χ1) is 34.1. The fourth-order valence-corrected chi connectivity index (χ4v) is 8.11. The summed E-state index contributed by atoms with van der Waals surface area (Å²) in [6.07, 6.45) is 5.38. The van der Waals surface area contributed by atoms with E-state index in [4.69, 9.17) is 85.3 Å². The van der Waals surface area contributed by atoms with Crippen molar-refractivity contribution < 1.29 is 90.1 Å². The molecule has 0 rings (SSSR count). The fraction of sp³-hybridized carbons (Fsp3) is 0.981. The molecule has 19 nitrogen and oxygen atoms in total. The molecule has 14 unspecified atom stereocenters. The summed E-state index contributed by atoms with van der Waals surface area (Å²) in [4.78, 5) is 13.9. The SMILES string of the molecule is CCC(CCCCCCCC(OC(C)OC(C)OC)(OC(C)OC(C)OC)OC(C)OC(C)OC)C(=O)C(CC)CCCCCCCC(OC(C)OC(C)OC)(OC(C)OC(C)OC)OC(C)OC(C)OC. The van der Waals surface area contributed by atoms with Crippen LogP contribution in [0.4, 0.5) is 0 Å². The molecule has 0 aliphatic rings. The number of Topliss-reactive ketones (excluding diaryl/α,β-unsaturated/α-hetero) is 1. The van der Waals surface area contributed by atoms with Crippen LogP contribution in [-0.2, 0) is 90.1 Å². The van der Waals surface area contributed by atoms with Gasteiger partial charge >= 0.3 is 0 Å². The van der Waals surface area contributed by atoms with Crippen LogP contribution in [-0.4, -0.2) is 136 Å². The van der Waals surface area contributed by atoms with Crippen LogP contribution in [0.25, 0.3) is 0 Å². The molecule has 0 aromatic carbocycles. The average Bonchev–Trinajstić information content (AvgIpc) is 3.32. The minimum Gasteiger partial charge on any atom is -0.356 e. The van der Waals surface area contributed by atoms with Gasteiger partial charge in [0, 0.05) is 67.3 Å². The normalized spacial score (nSPS) is 19.9. The van der Waals surface area contributed by atoms with E-state index in [1.165, 1.54) is 0 Å². The van der Waals surface area contributed by atoms with Crippen molar-refractivity contribution >= 4 is 5.78 Å². The van der Waals surface area contributed by atoms with E-state index in [0.717, 1.165) is 77.0 Å². The van der Waals surface area contributed by atoms with Gasteiger partial charge in [0.2, 0.25) is 0 Å². The van der Waals surface area contributed by atoms with E-state index in [0.29, 0.717) is 31.5 Å². The molecule has 0 spiro atoms. The summed E-state index contributed by atoms with van der Waals surface area (Å²) < 4.78 is 105. The zero-order chi connectivity index (χ0) is 54.7. The molecule has 0 N–H and O–H groups in total. The molecular formula is C53H106O19. The van der Waals surface area contributed by atoms with Crippen molar-refractivity contribution in [2.75, 3.05) is 42.7 Å². The van der Waals surface area contributed by atoms with Crippen molar-refractivity contribution in [3.8, 4) is 0 Å². The fourth-order valence-electron chi connectivity index (χ4n) is 8.11. The summed E-state index contributed by atoms with van der Waals surface area (Å²) in [6, 6.07) is 0. The van der Waals surface area contributed by atoms with Gasteiger partial charge in [-0.05, 0) is 122 Å². The second kappa shape index (κ2) is 41.1. The van der Waals surface area contributed by atoms with Gasteiger partial charge in [-0.3, -0.25) is 33.2 Å². The molecule has 0 aromatic heterocycles. The quantitative estimate of drug-likeness (QED) is 0.0414. The highest BCUT2D eigenvalue weighted by atomic mass is 17.0. The van der Waals surface area contributed by atoms with Crippen LogP contribution in [0.5, 0.6) is 0 Å². The molecule has 72 heavy (non-hydrogen) atoms. The van der Waals surface area contributed by atoms with Gasteiger partial charge in [-0.15, -0.1) is 0 Å². The molecule has 0 radical (unpaired) electrons. The third-order valence-electron chi connectivity index (χ3n) is 12.2. The van der Waals surface area contributed by atoms with Crippen LogP contribution >= 0.6 is 0 Å². The summed E-state index contributed by atoms with van der Waals surface area (Å²) in [6.45, 7) is 25.4. The first kappa shape index (κ1) is 71.0. The maximum atomic E-state index is 13.9. The van der Waals surface area contributed by atoms with Crippen molar-refractivity contribution in [3.63, 3.8) is 0 Å². The van der Waals surface area contributed by atoms with E-state index in [1.807, 2.05) is 0 Å². The molecule has 432 valence electrons. The lowest BCUT2D eigenvalue weighted by Gasteiger charge is -2.39. The molecule has 0 saturated carbocycles. The second-order valence-electron chi connectivity index (χ2n) is 18.3. The Balaban J connectivity index is 5.55. The summed E-state index contributed by atoms with van der Waals surface area (Å²) in [5.41, 5.74) is 0. The molecule has 0 saturated heterocycles. The third kappa shape index (κ3) is 32.5. The highest BCUT2D eigenvalue weighted by molar-refractivity contribution is 5.83. The van der Waals surface area contributed by atoms with Crippen LogP contribution in [0.1, 0.15) is 200 Å². The Morgan fingerprint density at radius 1 is 0.306 bits per heavy atom. The predicted molar refractivity (Wildman–Crippen MR) is 271 cm³/mol. The first-order valence-corrected chi connectivity index (χ1v) is 26.8. The van der Waals surface area contributed by atoms with E-state index >= 15 is 0 Å². The van der Waals surface area contributed by atoms with Crippen molar-refractivity contribution in [2.24, 2.45) is 11.8 Å². The number of ether oxygens (including phenoxy) is 18. The molecule has 0 bridgehead atoms. The van der Waals surface area contributed by atoms with Crippen molar-refractivity contribution in [1.29, 1.82) is 0 Å². The van der Waals surface area contributed by atoms with Gasteiger partial charge in [0.15, 0.2) is 75.5 Å². The molecule has 0 aliphatic heterocycles. The van der Waals surface area contributed by atoms with E-state index in [9.17, 15) is 4.79 Å². The molecule has 14 atom stereocenters. The van der Waals surface area contributed by atoms with Gasteiger partial charge in [0.1, 0.15) is 5.78 Å². The Kier molecular flexibility index (Phi) is 40.5. The van der Waals surface area contributed by atoms with Crippen LogP contribution in [0.15, 0.2) is 0 Å². The minimum atomic E-state index is -1.60. The Hall–Kier alpha value is -1.05. The molecule has 19 heteroatoms. The minimum absolute atomic E-state index is 0.0450. The topological polar surface area (TPSA) is 183 Å². The second-order valence-corrected chi connectivity index (χ2v) is 18.3. The Bertz CT molecular complexity index is 1090. The van der Waals surface area contributed by atoms with Crippen LogP contribution < -0.4 is 0 Å². The molecular weight excluding hydrogens is 941 g/mol. The largest absolute Gasteiger partial charge is 0.356 e. The summed E-state index contributed by atoms with van der Waals surface area (Å²) in [5, 5.41) is 0. The molecule has 0 aliphatic carbocycles. The van der Waals surface area contributed by atoms with Gasteiger partial charge < -0.3 is 56.8 Å². The lowest BCUT2D eigenvalue weighted by Crippen LogP contribution is -2.48. The lowest BCUT2D eigenvalue weighted by molar-refractivity contribution is -0.483. The van der Waals surface area contributed by atoms with Gasteiger partial charge in [0.05, 0.1) is 0 Å². The van der Waals surface area contributed by atoms with Crippen molar-refractivity contribution in [3.05, 3.63) is 0 Å². The highest BCUT2D eigenvalue weighted by Crippen LogP contribution is 2.33. The summed E-state index contributed by atoms with van der Waals surface area (Å²) >= 11 is 0. The lowest BCUT2D eigenvalue weighted by atomic mass is 9.83. The molecule has 0 amide bonds. The van der Waals surface area contributed by atoms with Crippen molar-refractivity contribution in [2.45, 2.75) is 287 Å². The standard InChI is InChI=1S/C53H106O19/c1-21-49(33-29-25-23-27-31-35-52(67-43(9)61-37(3)55-15,68-44(10)62-38(4)56-16)69-45(11)63-39(5)57-17)51(54)50(22-2)34-30-26-24-28-32-36-53(70-46(12)64-40(6)58-18,71-47(13)65-41(7)59-19)72-48(14)66-42(8)60-20/h37-50H,21-36H2,1-20H3. The first-order valence-electron chi connectivity index (χ1n) is 26.8. The Morgan fingerprint density at radius 3 is 0.694 bits per heavy atom. The Labute approximate surface area is 436 Å². The number of carbonyl (C=O) groups is 1. The average molecular weight is 1050 g/mol. The summed E-state index contributed by atoms with van der Waals surface area (Å²) in [7, 11) is 9.34. The van der Waals surface area contributed by atoms with Gasteiger partial charge in [-0.2, -0.15) is 0 Å². The summed E-state index contributed by atoms with van der Waals surface area (Å²) in [5.74, 6) is -2.71. The van der Waals surface area contributed by atoms with Crippen LogP contribution in [0.2, 0.25) is 0 Å². The zero-order valence-electron chi connectivity index (χ0n) is 48.7. The number of methoxy groups -OCH3 is 6. The maximum Gasteiger partial charge on any atom is 0.289 e. The highest BCUT2D eigenvalue weighted by Gasteiger charge is 2.42. The Morgan fingerprint density at radius 2 is 0.500 bits per heavy atom. The van der Waals surface area contributed by atoms with E-state index in [2.05, 4.69) is 13.8 Å². The van der Waals surface area contributed by atoms with Gasteiger partial charge in [-0.25, -0.2) is 0 Å². The number of carbonyl (C=O) groups excluding carboxylic acids is 1. The van der Waals surface area contributed by atoms with E-state index in [1.54, 1.807) is 126 Å². The number of unbranched alkanes of at least 4 members (excludes halogenated alkanes) is 8.